The van der Waals surface area contributed by atoms with E-state index in [4.69, 9.17) is 11.5 Å². The molecule has 2 heterocycles. The molecule has 0 radical (unpaired) electrons. The standard InChI is InChI=1S/C14H14N6/c1-8-5-6-9-10(19-8)3-2-4-11(9)20-14-12(15)13(16)17-7-18-14/h2-7H,15H2,1H3,(H3,16,17,18,20). The molecule has 6 nitrogen and oxygen atoms in total. The smallest absolute Gasteiger partial charge is 0.159 e. The minimum atomic E-state index is 0.261. The quantitative estimate of drug-likeness (QED) is 0.657. The summed E-state index contributed by atoms with van der Waals surface area (Å²) >= 11 is 0. The minimum Gasteiger partial charge on any atom is -0.393 e. The number of anilines is 4. The first kappa shape index (κ1) is 12.2. The number of benzene rings is 1. The fourth-order valence-corrected chi connectivity index (χ4v) is 2.00. The van der Waals surface area contributed by atoms with Crippen molar-refractivity contribution in [3.8, 4) is 0 Å². The number of pyridine rings is 1. The zero-order valence-corrected chi connectivity index (χ0v) is 11.0. The van der Waals surface area contributed by atoms with E-state index >= 15 is 0 Å². The van der Waals surface area contributed by atoms with E-state index in [-0.39, 0.29) is 5.82 Å². The molecule has 5 N–H and O–H groups in total. The van der Waals surface area contributed by atoms with Gasteiger partial charge in [-0.05, 0) is 31.2 Å². The summed E-state index contributed by atoms with van der Waals surface area (Å²) in [6.07, 6.45) is 1.38. The van der Waals surface area contributed by atoms with Crippen molar-refractivity contribution in [1.82, 2.24) is 15.0 Å². The van der Waals surface area contributed by atoms with Gasteiger partial charge in [0.05, 0.1) is 5.52 Å². The Kier molecular flexibility index (Phi) is 2.83. The highest BCUT2D eigenvalue weighted by Crippen LogP contribution is 2.28. The van der Waals surface area contributed by atoms with E-state index in [1.165, 1.54) is 6.33 Å². The van der Waals surface area contributed by atoms with Crippen molar-refractivity contribution in [3.63, 3.8) is 0 Å². The average molecular weight is 266 g/mol. The molecule has 0 amide bonds. The van der Waals surface area contributed by atoms with Crippen LogP contribution in [0.15, 0.2) is 36.7 Å². The van der Waals surface area contributed by atoms with Crippen molar-refractivity contribution in [2.24, 2.45) is 0 Å². The molecule has 6 heteroatoms. The van der Waals surface area contributed by atoms with Crippen molar-refractivity contribution in [3.05, 3.63) is 42.4 Å². The third-order valence-corrected chi connectivity index (χ3v) is 3.04. The molecule has 0 aliphatic carbocycles. The highest BCUT2D eigenvalue weighted by molar-refractivity contribution is 5.94. The van der Waals surface area contributed by atoms with Crippen LogP contribution in [0.5, 0.6) is 0 Å². The molecule has 3 rings (SSSR count). The predicted octanol–water partition coefficient (Wildman–Crippen LogP) is 2.24. The highest BCUT2D eigenvalue weighted by atomic mass is 15.1. The number of hydrogen-bond donors (Lipinski definition) is 3. The summed E-state index contributed by atoms with van der Waals surface area (Å²) in [6.45, 7) is 1.96. The van der Waals surface area contributed by atoms with Gasteiger partial charge in [0, 0.05) is 16.8 Å². The second-order valence-corrected chi connectivity index (χ2v) is 4.47. The topological polar surface area (TPSA) is 103 Å². The normalized spacial score (nSPS) is 10.7. The number of rotatable bonds is 2. The van der Waals surface area contributed by atoms with Crippen molar-refractivity contribution < 1.29 is 0 Å². The summed E-state index contributed by atoms with van der Waals surface area (Å²) < 4.78 is 0. The molecule has 0 unspecified atom stereocenters. The van der Waals surface area contributed by atoms with Crippen LogP contribution in [-0.4, -0.2) is 15.0 Å². The second kappa shape index (κ2) is 4.65. The van der Waals surface area contributed by atoms with Gasteiger partial charge in [-0.2, -0.15) is 0 Å². The molecule has 0 fully saturated rings. The Labute approximate surface area is 115 Å². The van der Waals surface area contributed by atoms with Gasteiger partial charge in [0.25, 0.3) is 0 Å². The van der Waals surface area contributed by atoms with E-state index < -0.39 is 0 Å². The lowest BCUT2D eigenvalue weighted by Crippen LogP contribution is -2.04. The van der Waals surface area contributed by atoms with Gasteiger partial charge in [-0.3, -0.25) is 4.98 Å². The maximum absolute atomic E-state index is 5.87. The third kappa shape index (κ3) is 2.07. The van der Waals surface area contributed by atoms with Gasteiger partial charge in [-0.1, -0.05) is 6.07 Å². The lowest BCUT2D eigenvalue weighted by Gasteiger charge is -2.11. The van der Waals surface area contributed by atoms with E-state index in [1.807, 2.05) is 37.3 Å². The van der Waals surface area contributed by atoms with Crippen molar-refractivity contribution in [2.75, 3.05) is 16.8 Å². The highest BCUT2D eigenvalue weighted by Gasteiger charge is 2.08. The van der Waals surface area contributed by atoms with Crippen LogP contribution in [0.3, 0.4) is 0 Å². The fraction of sp³-hybridized carbons (Fsp3) is 0.0714. The Balaban J connectivity index is 2.09. The van der Waals surface area contributed by atoms with E-state index in [2.05, 4.69) is 20.3 Å². The first-order chi connectivity index (χ1) is 9.65. The van der Waals surface area contributed by atoms with E-state index in [0.717, 1.165) is 22.3 Å². The van der Waals surface area contributed by atoms with Crippen LogP contribution in [0.1, 0.15) is 5.69 Å². The Morgan fingerprint density at radius 3 is 2.75 bits per heavy atom. The molecule has 20 heavy (non-hydrogen) atoms. The average Bonchev–Trinajstić information content (AvgIpc) is 2.44. The molecule has 0 spiro atoms. The summed E-state index contributed by atoms with van der Waals surface area (Å²) in [5.41, 5.74) is 14.6. The van der Waals surface area contributed by atoms with Crippen LogP contribution in [0.25, 0.3) is 10.9 Å². The number of nitrogens with zero attached hydrogens (tertiary/aromatic N) is 3. The summed E-state index contributed by atoms with van der Waals surface area (Å²) in [5.74, 6) is 0.752. The van der Waals surface area contributed by atoms with E-state index in [9.17, 15) is 0 Å². The Morgan fingerprint density at radius 2 is 1.90 bits per heavy atom. The zero-order valence-electron chi connectivity index (χ0n) is 11.0. The lowest BCUT2D eigenvalue weighted by atomic mass is 10.1. The van der Waals surface area contributed by atoms with Crippen molar-refractivity contribution in [1.29, 1.82) is 0 Å². The minimum absolute atomic E-state index is 0.261. The van der Waals surface area contributed by atoms with Gasteiger partial charge >= 0.3 is 0 Å². The van der Waals surface area contributed by atoms with Crippen LogP contribution < -0.4 is 16.8 Å². The molecule has 0 aliphatic heterocycles. The van der Waals surface area contributed by atoms with Gasteiger partial charge in [-0.25, -0.2) is 9.97 Å². The Morgan fingerprint density at radius 1 is 1.05 bits per heavy atom. The molecule has 0 saturated heterocycles. The molecule has 0 bridgehead atoms. The van der Waals surface area contributed by atoms with Crippen LogP contribution in [0, 0.1) is 6.92 Å². The number of nitrogens with one attached hydrogen (secondary N) is 1. The largest absolute Gasteiger partial charge is 0.393 e. The van der Waals surface area contributed by atoms with Crippen LogP contribution >= 0.6 is 0 Å². The molecule has 0 aliphatic rings. The van der Waals surface area contributed by atoms with Gasteiger partial charge in [-0.15, -0.1) is 0 Å². The zero-order chi connectivity index (χ0) is 14.1. The van der Waals surface area contributed by atoms with Crippen LogP contribution in [0.4, 0.5) is 23.0 Å². The van der Waals surface area contributed by atoms with E-state index in [0.29, 0.717) is 11.5 Å². The summed E-state index contributed by atoms with van der Waals surface area (Å²) in [7, 11) is 0. The number of aryl methyl sites for hydroxylation is 1. The number of nitrogens with two attached hydrogens (primary N) is 2. The monoisotopic (exact) mass is 266 g/mol. The summed E-state index contributed by atoms with van der Waals surface area (Å²) in [5, 5.41) is 4.17. The molecule has 2 aromatic heterocycles. The van der Waals surface area contributed by atoms with E-state index in [1.54, 1.807) is 0 Å². The SMILES string of the molecule is Cc1ccc2c(Nc3ncnc(N)c3N)cccc2n1. The lowest BCUT2D eigenvalue weighted by molar-refractivity contribution is 1.18. The molecule has 0 atom stereocenters. The maximum Gasteiger partial charge on any atom is 0.159 e. The van der Waals surface area contributed by atoms with Crippen LogP contribution in [-0.2, 0) is 0 Å². The molecular weight excluding hydrogens is 252 g/mol. The first-order valence-electron chi connectivity index (χ1n) is 6.14. The molecule has 3 aromatic rings. The Bertz CT molecular complexity index is 784. The van der Waals surface area contributed by atoms with Gasteiger partial charge in [0.2, 0.25) is 0 Å². The number of aromatic nitrogens is 3. The summed E-state index contributed by atoms with van der Waals surface area (Å²) in [6, 6.07) is 9.81. The molecular formula is C14H14N6. The van der Waals surface area contributed by atoms with Crippen molar-refractivity contribution >= 4 is 33.9 Å². The third-order valence-electron chi connectivity index (χ3n) is 3.04. The fourth-order valence-electron chi connectivity index (χ4n) is 2.00. The maximum atomic E-state index is 5.87. The van der Waals surface area contributed by atoms with Gasteiger partial charge in [0.1, 0.15) is 12.0 Å². The second-order valence-electron chi connectivity index (χ2n) is 4.47. The molecule has 0 saturated carbocycles. The number of fused-ring (bicyclic) bond motifs is 1. The number of hydrogen-bond acceptors (Lipinski definition) is 6. The van der Waals surface area contributed by atoms with Gasteiger partial charge < -0.3 is 16.8 Å². The van der Waals surface area contributed by atoms with Gasteiger partial charge in [0.15, 0.2) is 11.6 Å². The predicted molar refractivity (Wildman–Crippen MR) is 80.6 cm³/mol. The first-order valence-corrected chi connectivity index (χ1v) is 6.14. The molecule has 1 aromatic carbocycles. The molecule has 100 valence electrons. The summed E-state index contributed by atoms with van der Waals surface area (Å²) in [4.78, 5) is 12.4. The van der Waals surface area contributed by atoms with Crippen LogP contribution in [0.2, 0.25) is 0 Å². The number of nitrogen functional groups attached to an aromatic ring is 2. The Hall–Kier alpha value is -2.89. The van der Waals surface area contributed by atoms with Crippen molar-refractivity contribution in [2.45, 2.75) is 6.92 Å².